The lowest BCUT2D eigenvalue weighted by atomic mass is 9.96. The van der Waals surface area contributed by atoms with E-state index < -0.39 is 0 Å². The van der Waals surface area contributed by atoms with Crippen LogP contribution in [-0.4, -0.2) is 10.2 Å². The summed E-state index contributed by atoms with van der Waals surface area (Å²) in [6, 6.07) is 11.3. The first-order valence-electron chi connectivity index (χ1n) is 4.80. The zero-order chi connectivity index (χ0) is 9.97. The molecule has 0 aliphatic heterocycles. The Kier molecular flexibility index (Phi) is 2.35. The highest BCUT2D eigenvalue weighted by Crippen LogP contribution is 2.26. The van der Waals surface area contributed by atoms with Crippen LogP contribution in [0.15, 0.2) is 30.5 Å². The summed E-state index contributed by atoms with van der Waals surface area (Å²) in [4.78, 5) is 0. The number of rotatable bonds is 2. The minimum atomic E-state index is 0.475. The van der Waals surface area contributed by atoms with Crippen LogP contribution in [0.1, 0.15) is 25.3 Å². The number of aromatic amines is 1. The fraction of sp³-hybridized carbons (Fsp3) is 0.250. The molecule has 2 aromatic rings. The van der Waals surface area contributed by atoms with Crippen LogP contribution in [0.3, 0.4) is 0 Å². The first-order valence-corrected chi connectivity index (χ1v) is 4.80. The molecule has 0 saturated carbocycles. The molecule has 0 bridgehead atoms. The highest BCUT2D eigenvalue weighted by atomic mass is 15.1. The van der Waals surface area contributed by atoms with Gasteiger partial charge in [-0.05, 0) is 23.6 Å². The normalized spacial score (nSPS) is 10.8. The number of benzene rings is 1. The van der Waals surface area contributed by atoms with Crippen molar-refractivity contribution in [2.75, 3.05) is 0 Å². The molecule has 0 spiro atoms. The number of nitrogens with zero attached hydrogens (tertiary/aromatic N) is 1. The van der Waals surface area contributed by atoms with Gasteiger partial charge in [0.2, 0.25) is 0 Å². The Labute approximate surface area is 84.0 Å². The third kappa shape index (κ3) is 1.55. The fourth-order valence-electron chi connectivity index (χ4n) is 1.56. The number of aromatic nitrogens is 2. The molecule has 2 nitrogen and oxygen atoms in total. The Morgan fingerprint density at radius 1 is 1.36 bits per heavy atom. The van der Waals surface area contributed by atoms with Crippen molar-refractivity contribution in [3.8, 4) is 11.3 Å². The van der Waals surface area contributed by atoms with Gasteiger partial charge >= 0.3 is 0 Å². The molecular formula is C12H13N2. The summed E-state index contributed by atoms with van der Waals surface area (Å²) < 4.78 is 0. The molecule has 1 aromatic heterocycles. The van der Waals surface area contributed by atoms with E-state index in [2.05, 4.69) is 36.2 Å². The van der Waals surface area contributed by atoms with E-state index in [1.54, 1.807) is 0 Å². The van der Waals surface area contributed by atoms with E-state index in [-0.39, 0.29) is 0 Å². The smallest absolute Gasteiger partial charge is 0.0923 e. The van der Waals surface area contributed by atoms with Gasteiger partial charge < -0.3 is 0 Å². The van der Waals surface area contributed by atoms with E-state index in [9.17, 15) is 0 Å². The van der Waals surface area contributed by atoms with Crippen molar-refractivity contribution in [3.05, 3.63) is 42.1 Å². The summed E-state index contributed by atoms with van der Waals surface area (Å²) in [5, 5.41) is 7.02. The van der Waals surface area contributed by atoms with Gasteiger partial charge in [-0.15, -0.1) is 0 Å². The highest BCUT2D eigenvalue weighted by molar-refractivity contribution is 5.63. The molecule has 71 valence electrons. The fourth-order valence-corrected chi connectivity index (χ4v) is 1.56. The Morgan fingerprint density at radius 2 is 2.21 bits per heavy atom. The van der Waals surface area contributed by atoms with Crippen LogP contribution in [0.2, 0.25) is 0 Å². The molecule has 0 amide bonds. The van der Waals surface area contributed by atoms with Crippen molar-refractivity contribution in [2.24, 2.45) is 0 Å². The Hall–Kier alpha value is -1.57. The van der Waals surface area contributed by atoms with E-state index in [0.717, 1.165) is 5.69 Å². The number of nitrogens with one attached hydrogen (secondary N) is 1. The van der Waals surface area contributed by atoms with Crippen LogP contribution in [0.5, 0.6) is 0 Å². The monoisotopic (exact) mass is 185 g/mol. The summed E-state index contributed by atoms with van der Waals surface area (Å²) in [7, 11) is 0. The zero-order valence-corrected chi connectivity index (χ0v) is 8.41. The molecule has 0 saturated heterocycles. The van der Waals surface area contributed by atoms with Gasteiger partial charge in [0.15, 0.2) is 0 Å². The predicted octanol–water partition coefficient (Wildman–Crippen LogP) is 3.00. The van der Waals surface area contributed by atoms with Gasteiger partial charge in [-0.1, -0.05) is 32.0 Å². The summed E-state index contributed by atoms with van der Waals surface area (Å²) in [6.07, 6.45) is 1.84. The number of hydrogen-bond donors (Lipinski definition) is 1. The van der Waals surface area contributed by atoms with Crippen molar-refractivity contribution in [1.82, 2.24) is 10.2 Å². The maximum Gasteiger partial charge on any atom is 0.0923 e. The van der Waals surface area contributed by atoms with Gasteiger partial charge in [0.25, 0.3) is 0 Å². The SMILES string of the molecule is CC(C)c1[c]cccc1-c1cc[nH]n1. The summed E-state index contributed by atoms with van der Waals surface area (Å²) >= 11 is 0. The molecule has 0 aliphatic carbocycles. The van der Waals surface area contributed by atoms with E-state index in [0.29, 0.717) is 5.92 Å². The summed E-state index contributed by atoms with van der Waals surface area (Å²) in [6.45, 7) is 4.34. The minimum absolute atomic E-state index is 0.475. The summed E-state index contributed by atoms with van der Waals surface area (Å²) in [5.41, 5.74) is 3.38. The molecule has 1 aromatic carbocycles. The second-order valence-electron chi connectivity index (χ2n) is 3.61. The third-order valence-electron chi connectivity index (χ3n) is 2.24. The lowest BCUT2D eigenvalue weighted by Gasteiger charge is -2.09. The molecule has 0 aliphatic rings. The van der Waals surface area contributed by atoms with Crippen molar-refractivity contribution < 1.29 is 0 Å². The van der Waals surface area contributed by atoms with Gasteiger partial charge in [-0.2, -0.15) is 5.10 Å². The van der Waals surface area contributed by atoms with E-state index in [1.165, 1.54) is 11.1 Å². The van der Waals surface area contributed by atoms with Gasteiger partial charge in [0, 0.05) is 11.8 Å². The lowest BCUT2D eigenvalue weighted by Crippen LogP contribution is -1.92. The van der Waals surface area contributed by atoms with Crippen molar-refractivity contribution >= 4 is 0 Å². The van der Waals surface area contributed by atoms with Crippen molar-refractivity contribution in [2.45, 2.75) is 19.8 Å². The molecule has 2 rings (SSSR count). The molecule has 1 N–H and O–H groups in total. The quantitative estimate of drug-likeness (QED) is 0.765. The summed E-state index contributed by atoms with van der Waals surface area (Å²) in [5.74, 6) is 0.475. The van der Waals surface area contributed by atoms with Crippen LogP contribution in [0.4, 0.5) is 0 Å². The van der Waals surface area contributed by atoms with Gasteiger partial charge in [0.05, 0.1) is 5.69 Å². The second-order valence-corrected chi connectivity index (χ2v) is 3.61. The largest absolute Gasteiger partial charge is 0.285 e. The van der Waals surface area contributed by atoms with E-state index >= 15 is 0 Å². The third-order valence-corrected chi connectivity index (χ3v) is 2.24. The maximum absolute atomic E-state index is 4.18. The minimum Gasteiger partial charge on any atom is -0.285 e. The van der Waals surface area contributed by atoms with Crippen molar-refractivity contribution in [3.63, 3.8) is 0 Å². The average Bonchev–Trinajstić information content (AvgIpc) is 2.70. The molecular weight excluding hydrogens is 172 g/mol. The number of hydrogen-bond acceptors (Lipinski definition) is 1. The lowest BCUT2D eigenvalue weighted by molar-refractivity contribution is 0.865. The van der Waals surface area contributed by atoms with Gasteiger partial charge in [0.1, 0.15) is 0 Å². The van der Waals surface area contributed by atoms with Crippen LogP contribution < -0.4 is 0 Å². The molecule has 1 heterocycles. The van der Waals surface area contributed by atoms with E-state index in [4.69, 9.17) is 0 Å². The van der Waals surface area contributed by atoms with Crippen LogP contribution in [0, 0.1) is 6.07 Å². The molecule has 0 atom stereocenters. The van der Waals surface area contributed by atoms with E-state index in [1.807, 2.05) is 24.4 Å². The molecule has 2 heteroatoms. The zero-order valence-electron chi connectivity index (χ0n) is 8.41. The molecule has 0 fully saturated rings. The maximum atomic E-state index is 4.18. The average molecular weight is 185 g/mol. The van der Waals surface area contributed by atoms with Crippen LogP contribution in [-0.2, 0) is 0 Å². The van der Waals surface area contributed by atoms with Crippen LogP contribution in [0.25, 0.3) is 11.3 Å². The van der Waals surface area contributed by atoms with Crippen molar-refractivity contribution in [1.29, 1.82) is 0 Å². The standard InChI is InChI=1S/C12H13N2/c1-9(2)10-5-3-4-6-11(10)12-7-8-13-14-12/h3-4,6-9H,1-2H3,(H,13,14). The Bertz CT molecular complexity index is 402. The number of H-pyrrole nitrogens is 1. The first-order chi connectivity index (χ1) is 6.79. The predicted molar refractivity (Wildman–Crippen MR) is 56.9 cm³/mol. The molecule has 0 unspecified atom stereocenters. The second kappa shape index (κ2) is 3.66. The molecule has 14 heavy (non-hydrogen) atoms. The molecule has 1 radical (unpaired) electrons. The topological polar surface area (TPSA) is 28.7 Å². The Balaban J connectivity index is 2.53. The Morgan fingerprint density at radius 3 is 2.86 bits per heavy atom. The van der Waals surface area contributed by atoms with Gasteiger partial charge in [-0.25, -0.2) is 0 Å². The highest BCUT2D eigenvalue weighted by Gasteiger charge is 2.08. The van der Waals surface area contributed by atoms with Gasteiger partial charge in [-0.3, -0.25) is 5.10 Å². The van der Waals surface area contributed by atoms with Crippen LogP contribution >= 0.6 is 0 Å². The first kappa shape index (κ1) is 9.00.